The largest absolute Gasteiger partial charge is 0.481 e. The molecule has 1 amide bonds. The lowest BCUT2D eigenvalue weighted by Crippen LogP contribution is -2.45. The van der Waals surface area contributed by atoms with Gasteiger partial charge in [-0.05, 0) is 44.0 Å². The highest BCUT2D eigenvalue weighted by Gasteiger charge is 2.30. The second-order valence-electron chi connectivity index (χ2n) is 5.52. The third kappa shape index (κ3) is 4.22. The van der Waals surface area contributed by atoms with Crippen LogP contribution in [0.3, 0.4) is 0 Å². The molecule has 0 aliphatic carbocycles. The molecule has 1 aromatic rings. The molecule has 0 bridgehead atoms. The summed E-state index contributed by atoms with van der Waals surface area (Å²) in [7, 11) is 1.38. The predicted molar refractivity (Wildman–Crippen MR) is 82.6 cm³/mol. The molecule has 1 saturated heterocycles. The number of esters is 1. The second kappa shape index (κ2) is 7.63. The molecule has 0 radical (unpaired) electrons. The number of nitriles is 1. The molecule has 0 unspecified atom stereocenters. The Balaban J connectivity index is 1.87. The summed E-state index contributed by atoms with van der Waals surface area (Å²) in [6.07, 6.45) is 0.613. The van der Waals surface area contributed by atoms with E-state index in [0.29, 0.717) is 37.2 Å². The lowest BCUT2D eigenvalue weighted by atomic mass is 9.97. The first kappa shape index (κ1) is 16.8. The lowest BCUT2D eigenvalue weighted by molar-refractivity contribution is -0.150. The van der Waals surface area contributed by atoms with Crippen molar-refractivity contribution in [3.63, 3.8) is 0 Å². The predicted octanol–water partition coefficient (Wildman–Crippen LogP) is 1.74. The van der Waals surface area contributed by atoms with E-state index >= 15 is 0 Å². The van der Waals surface area contributed by atoms with Crippen LogP contribution in [0.2, 0.25) is 0 Å². The number of methoxy groups -OCH3 is 1. The minimum absolute atomic E-state index is 0.0994. The van der Waals surface area contributed by atoms with Gasteiger partial charge in [-0.25, -0.2) is 0 Å². The molecule has 1 heterocycles. The van der Waals surface area contributed by atoms with Gasteiger partial charge in [-0.15, -0.1) is 0 Å². The molecular weight excluding hydrogens is 296 g/mol. The normalized spacial score (nSPS) is 16.3. The Labute approximate surface area is 135 Å². The first-order chi connectivity index (χ1) is 11.0. The van der Waals surface area contributed by atoms with Crippen LogP contribution in [-0.2, 0) is 14.3 Å². The number of carbonyl (C=O) groups excluding carboxylic acids is 2. The number of carbonyl (C=O) groups is 2. The number of hydrogen-bond donors (Lipinski definition) is 0. The van der Waals surface area contributed by atoms with E-state index in [9.17, 15) is 9.59 Å². The maximum atomic E-state index is 12.4. The molecule has 2 rings (SSSR count). The van der Waals surface area contributed by atoms with Crippen LogP contribution in [0.15, 0.2) is 24.3 Å². The maximum Gasteiger partial charge on any atom is 0.308 e. The minimum Gasteiger partial charge on any atom is -0.481 e. The van der Waals surface area contributed by atoms with Crippen LogP contribution in [-0.4, -0.2) is 43.1 Å². The molecule has 0 N–H and O–H groups in total. The van der Waals surface area contributed by atoms with E-state index in [1.807, 2.05) is 6.07 Å². The van der Waals surface area contributed by atoms with E-state index in [-0.39, 0.29) is 17.8 Å². The van der Waals surface area contributed by atoms with Crippen LogP contribution in [0.4, 0.5) is 0 Å². The SMILES string of the molecule is COC(=O)C1CCN(C(=O)[C@H](C)Oc2ccc(C#N)cc2)CC1. The van der Waals surface area contributed by atoms with Gasteiger partial charge >= 0.3 is 5.97 Å². The molecule has 6 heteroatoms. The highest BCUT2D eigenvalue weighted by Crippen LogP contribution is 2.20. The number of ether oxygens (including phenoxy) is 2. The van der Waals surface area contributed by atoms with Crippen LogP contribution in [0.5, 0.6) is 5.75 Å². The number of amides is 1. The van der Waals surface area contributed by atoms with Crippen molar-refractivity contribution in [1.82, 2.24) is 4.90 Å². The highest BCUT2D eigenvalue weighted by molar-refractivity contribution is 5.81. The quantitative estimate of drug-likeness (QED) is 0.790. The highest BCUT2D eigenvalue weighted by atomic mass is 16.5. The Bertz CT molecular complexity index is 598. The van der Waals surface area contributed by atoms with E-state index in [1.54, 1.807) is 36.1 Å². The first-order valence-corrected chi connectivity index (χ1v) is 7.58. The third-order valence-corrected chi connectivity index (χ3v) is 3.99. The number of benzene rings is 1. The maximum absolute atomic E-state index is 12.4. The summed E-state index contributed by atoms with van der Waals surface area (Å²) in [5.74, 6) is 0.116. The summed E-state index contributed by atoms with van der Waals surface area (Å²) in [4.78, 5) is 25.6. The summed E-state index contributed by atoms with van der Waals surface area (Å²) < 4.78 is 10.4. The molecule has 23 heavy (non-hydrogen) atoms. The Morgan fingerprint density at radius 2 is 1.87 bits per heavy atom. The minimum atomic E-state index is -0.613. The van der Waals surface area contributed by atoms with Gasteiger partial charge in [0.05, 0.1) is 24.7 Å². The van der Waals surface area contributed by atoms with Gasteiger partial charge in [0, 0.05) is 13.1 Å². The van der Waals surface area contributed by atoms with Gasteiger partial charge in [-0.3, -0.25) is 9.59 Å². The smallest absolute Gasteiger partial charge is 0.308 e. The fourth-order valence-corrected chi connectivity index (χ4v) is 2.62. The Morgan fingerprint density at radius 3 is 2.39 bits per heavy atom. The molecule has 1 aliphatic rings. The van der Waals surface area contributed by atoms with Crippen molar-refractivity contribution in [3.8, 4) is 11.8 Å². The van der Waals surface area contributed by atoms with Crippen LogP contribution < -0.4 is 4.74 Å². The molecule has 122 valence electrons. The molecule has 6 nitrogen and oxygen atoms in total. The summed E-state index contributed by atoms with van der Waals surface area (Å²) in [5, 5.41) is 8.76. The molecule has 0 spiro atoms. The molecule has 1 aromatic carbocycles. The van der Waals surface area contributed by atoms with Crippen LogP contribution in [0, 0.1) is 17.2 Å². The van der Waals surface area contributed by atoms with Crippen molar-refractivity contribution < 1.29 is 19.1 Å². The summed E-state index contributed by atoms with van der Waals surface area (Å²) in [6, 6.07) is 8.67. The van der Waals surface area contributed by atoms with Crippen molar-refractivity contribution in [2.75, 3.05) is 20.2 Å². The lowest BCUT2D eigenvalue weighted by Gasteiger charge is -2.32. The average Bonchev–Trinajstić information content (AvgIpc) is 2.61. The van der Waals surface area contributed by atoms with Gasteiger partial charge < -0.3 is 14.4 Å². The molecule has 0 aromatic heterocycles. The zero-order valence-corrected chi connectivity index (χ0v) is 13.3. The number of rotatable bonds is 4. The van der Waals surface area contributed by atoms with Gasteiger partial charge in [-0.1, -0.05) is 0 Å². The molecule has 1 fully saturated rings. The molecule has 1 atom stereocenters. The fourth-order valence-electron chi connectivity index (χ4n) is 2.62. The van der Waals surface area contributed by atoms with Crippen LogP contribution >= 0.6 is 0 Å². The summed E-state index contributed by atoms with van der Waals surface area (Å²) >= 11 is 0. The Kier molecular flexibility index (Phi) is 5.58. The van der Waals surface area contributed by atoms with E-state index < -0.39 is 6.10 Å². The number of nitrogens with zero attached hydrogens (tertiary/aromatic N) is 2. The standard InChI is InChI=1S/C17H20N2O4/c1-12(23-15-5-3-13(11-18)4-6-15)16(20)19-9-7-14(8-10-19)17(21)22-2/h3-6,12,14H,7-10H2,1-2H3/t12-/m0/s1. The fraction of sp³-hybridized carbons (Fsp3) is 0.471. The zero-order chi connectivity index (χ0) is 16.8. The summed E-state index contributed by atoms with van der Waals surface area (Å²) in [5.41, 5.74) is 0.543. The Hall–Kier alpha value is -2.55. The first-order valence-electron chi connectivity index (χ1n) is 7.58. The zero-order valence-electron chi connectivity index (χ0n) is 13.3. The van der Waals surface area contributed by atoms with Gasteiger partial charge in [-0.2, -0.15) is 5.26 Å². The van der Waals surface area contributed by atoms with Crippen molar-refractivity contribution in [1.29, 1.82) is 5.26 Å². The van der Waals surface area contributed by atoms with Gasteiger partial charge in [0.1, 0.15) is 5.75 Å². The van der Waals surface area contributed by atoms with Gasteiger partial charge in [0.25, 0.3) is 5.91 Å². The number of hydrogen-bond acceptors (Lipinski definition) is 5. The molecule has 0 saturated carbocycles. The number of piperidine rings is 1. The van der Waals surface area contributed by atoms with E-state index in [2.05, 4.69) is 0 Å². The van der Waals surface area contributed by atoms with Crippen molar-refractivity contribution >= 4 is 11.9 Å². The Morgan fingerprint density at radius 1 is 1.26 bits per heavy atom. The van der Waals surface area contributed by atoms with Crippen LogP contribution in [0.1, 0.15) is 25.3 Å². The second-order valence-corrected chi connectivity index (χ2v) is 5.52. The summed E-state index contributed by atoms with van der Waals surface area (Å²) in [6.45, 7) is 2.76. The van der Waals surface area contributed by atoms with Crippen molar-refractivity contribution in [2.24, 2.45) is 5.92 Å². The molecule has 1 aliphatic heterocycles. The molecular formula is C17H20N2O4. The monoisotopic (exact) mass is 316 g/mol. The van der Waals surface area contributed by atoms with Gasteiger partial charge in [0.2, 0.25) is 0 Å². The van der Waals surface area contributed by atoms with Crippen LogP contribution in [0.25, 0.3) is 0 Å². The van der Waals surface area contributed by atoms with Crippen molar-refractivity contribution in [3.05, 3.63) is 29.8 Å². The topological polar surface area (TPSA) is 79.6 Å². The van der Waals surface area contributed by atoms with Crippen molar-refractivity contribution in [2.45, 2.75) is 25.9 Å². The third-order valence-electron chi connectivity index (χ3n) is 3.99. The van der Waals surface area contributed by atoms with E-state index in [1.165, 1.54) is 7.11 Å². The van der Waals surface area contributed by atoms with E-state index in [0.717, 1.165) is 0 Å². The number of likely N-dealkylation sites (tertiary alicyclic amines) is 1. The van der Waals surface area contributed by atoms with Gasteiger partial charge in [0.15, 0.2) is 6.10 Å². The average molecular weight is 316 g/mol. The van der Waals surface area contributed by atoms with E-state index in [4.69, 9.17) is 14.7 Å².